The zero-order chi connectivity index (χ0) is 46.5. The fraction of sp³-hybridized carbons (Fsp3) is 0.565. The molecule has 1 spiro atoms. The lowest BCUT2D eigenvalue weighted by atomic mass is 9.78. The second-order valence-electron chi connectivity index (χ2n) is 17.8. The van der Waals surface area contributed by atoms with Gasteiger partial charge in [0.25, 0.3) is 11.7 Å². The molecule has 2 aromatic rings. The molecule has 2 amide bonds. The van der Waals surface area contributed by atoms with Crippen LogP contribution < -0.4 is 20.8 Å². The predicted octanol–water partition coefficient (Wildman–Crippen LogP) is 3.18. The van der Waals surface area contributed by atoms with Crippen LogP contribution in [0.4, 0.5) is 5.69 Å². The zero-order valence-corrected chi connectivity index (χ0v) is 37.9. The van der Waals surface area contributed by atoms with Crippen molar-refractivity contribution >= 4 is 40.0 Å². The van der Waals surface area contributed by atoms with Crippen LogP contribution in [0.2, 0.25) is 0 Å². The van der Waals surface area contributed by atoms with Crippen LogP contribution in [-0.4, -0.2) is 130 Å². The summed E-state index contributed by atoms with van der Waals surface area (Å²) < 4.78 is 23.9. The summed E-state index contributed by atoms with van der Waals surface area (Å²) in [7, 11) is 4.84. The summed E-state index contributed by atoms with van der Waals surface area (Å²) in [6.07, 6.45) is 4.50. The number of amides is 2. The van der Waals surface area contributed by atoms with Crippen LogP contribution in [0.1, 0.15) is 77.2 Å². The number of ketones is 1. The van der Waals surface area contributed by atoms with Crippen molar-refractivity contribution in [1.29, 1.82) is 0 Å². The minimum atomic E-state index is -2.00. The number of esters is 1. The maximum Gasteiger partial charge on any atom is 0.312 e. The number of nitrogens with zero attached hydrogens (tertiary/aromatic N) is 4. The van der Waals surface area contributed by atoms with E-state index >= 15 is 0 Å². The van der Waals surface area contributed by atoms with Gasteiger partial charge in [0.1, 0.15) is 28.6 Å². The van der Waals surface area contributed by atoms with Gasteiger partial charge in [-0.1, -0.05) is 45.9 Å². The number of likely N-dealkylation sites (tertiary alicyclic amines) is 1. The Morgan fingerprint density at radius 1 is 0.952 bits per heavy atom. The number of anilines is 1. The van der Waals surface area contributed by atoms with E-state index in [4.69, 9.17) is 28.9 Å². The molecule has 0 radical (unpaired) electrons. The van der Waals surface area contributed by atoms with Gasteiger partial charge in [-0.25, -0.2) is 0 Å². The third-order valence-corrected chi connectivity index (χ3v) is 13.1. The zero-order valence-electron chi connectivity index (χ0n) is 37.9. The molecule has 5 N–H and O–H groups in total. The van der Waals surface area contributed by atoms with Crippen LogP contribution in [0, 0.1) is 30.6 Å². The van der Waals surface area contributed by atoms with Crippen LogP contribution in [0.5, 0.6) is 17.2 Å². The number of methoxy groups -OCH3 is 1. The highest BCUT2D eigenvalue weighted by Crippen LogP contribution is 2.50. The fourth-order valence-electron chi connectivity index (χ4n) is 8.99. The number of carbonyl (C=O) groups excluding carboxylic acids is 4. The van der Waals surface area contributed by atoms with Gasteiger partial charge in [-0.2, -0.15) is 0 Å². The van der Waals surface area contributed by atoms with Gasteiger partial charge in [0.15, 0.2) is 11.4 Å². The van der Waals surface area contributed by atoms with Gasteiger partial charge in [-0.15, -0.1) is 0 Å². The number of hydrogen-bond acceptors (Lipinski definition) is 15. The molecule has 0 saturated carbocycles. The van der Waals surface area contributed by atoms with E-state index in [2.05, 4.69) is 5.32 Å². The molecular weight excluding hydrogens is 815 g/mol. The number of ether oxygens (including phenoxy) is 4. The molecule has 0 aromatic heterocycles. The molecule has 4 bridgehead atoms. The topological polar surface area (TPSA) is 229 Å². The van der Waals surface area contributed by atoms with Gasteiger partial charge in [0, 0.05) is 101 Å². The smallest absolute Gasteiger partial charge is 0.312 e. The third kappa shape index (κ3) is 8.80. The average molecular weight is 876 g/mol. The number of rotatable bonds is 4. The van der Waals surface area contributed by atoms with Crippen molar-refractivity contribution in [3.8, 4) is 17.2 Å². The van der Waals surface area contributed by atoms with Crippen molar-refractivity contribution in [2.75, 3.05) is 46.2 Å². The molecule has 0 unspecified atom stereocenters. The molecule has 2 aromatic carbocycles. The summed E-state index contributed by atoms with van der Waals surface area (Å²) >= 11 is 0. The molecule has 4 heterocycles. The Hall–Kier alpha value is -5.36. The number of piperidine rings is 1. The summed E-state index contributed by atoms with van der Waals surface area (Å²) in [4.78, 5) is 67.3. The van der Waals surface area contributed by atoms with Crippen LogP contribution in [-0.2, 0) is 28.6 Å². The lowest BCUT2D eigenvalue weighted by Gasteiger charge is -2.38. The number of allylic oxidation sites excluding steroid dienone is 2. The Kier molecular flexibility index (Phi) is 13.5. The Balaban J connectivity index is 1.53. The molecule has 17 heteroatoms. The van der Waals surface area contributed by atoms with Crippen LogP contribution in [0.25, 0.3) is 10.8 Å². The highest BCUT2D eigenvalue weighted by molar-refractivity contribution is 6.19. The number of fused-ring (bicyclic) bond motifs is 1. The van der Waals surface area contributed by atoms with E-state index in [9.17, 15) is 39.6 Å². The summed E-state index contributed by atoms with van der Waals surface area (Å²) in [6.45, 7) is 13.8. The van der Waals surface area contributed by atoms with Gasteiger partial charge in [-0.3, -0.25) is 34.1 Å². The minimum Gasteiger partial charge on any atom is -0.507 e. The normalized spacial score (nSPS) is 31.8. The first-order valence-electron chi connectivity index (χ1n) is 21.3. The van der Waals surface area contributed by atoms with Crippen molar-refractivity contribution in [1.82, 2.24) is 9.80 Å². The van der Waals surface area contributed by atoms with E-state index in [-0.39, 0.29) is 62.1 Å². The van der Waals surface area contributed by atoms with E-state index in [1.54, 1.807) is 60.9 Å². The average Bonchev–Trinajstić information content (AvgIpc) is 3.74. The van der Waals surface area contributed by atoms with Crippen LogP contribution >= 0.6 is 0 Å². The highest BCUT2D eigenvalue weighted by atomic mass is 16.7. The Labute approximate surface area is 366 Å². The maximum absolute atomic E-state index is 14.7. The first kappa shape index (κ1) is 47.1. The van der Waals surface area contributed by atoms with Gasteiger partial charge in [-0.05, 0) is 19.9 Å². The second-order valence-corrected chi connectivity index (χ2v) is 17.8. The lowest BCUT2D eigenvalue weighted by molar-refractivity contribution is -0.160. The first-order chi connectivity index (χ1) is 29.6. The van der Waals surface area contributed by atoms with Gasteiger partial charge in [0.2, 0.25) is 5.91 Å². The fourth-order valence-corrected chi connectivity index (χ4v) is 8.99. The SMILES string of the molecule is CO[C@H]1/C=C/O[C@@]2(C)Oc3c(C)c(O)c4c(O)c(c5c(c4c3C2=O)=NC2(CCN(CC(=O)N(C)C)CC2)N=5)NC(=O)/C(C)=C\C=C\[C@H](C)[C@H](O)[C@@H](C)[C@@H](O)[C@@H](C)[C@H](OC(C)=O)[C@@H]1C. The van der Waals surface area contributed by atoms with Gasteiger partial charge >= 0.3 is 11.8 Å². The lowest BCUT2D eigenvalue weighted by Crippen LogP contribution is -2.46. The molecule has 6 rings (SSSR count). The molecule has 1 saturated heterocycles. The molecule has 4 aliphatic heterocycles. The number of aliphatic hydroxyl groups excluding tert-OH is 2. The van der Waals surface area contributed by atoms with Crippen molar-refractivity contribution in [3.05, 3.63) is 58.0 Å². The minimum absolute atomic E-state index is 0.00321. The number of Topliss-reactive ketones (excluding diaryl/α,β-unsaturated/α-hetero) is 1. The van der Waals surface area contributed by atoms with E-state index in [1.165, 1.54) is 51.2 Å². The number of likely N-dealkylation sites (N-methyl/N-ethyl adjacent to an activating group) is 1. The van der Waals surface area contributed by atoms with Crippen molar-refractivity contribution < 1.29 is 58.6 Å². The number of benzene rings is 2. The first-order valence-corrected chi connectivity index (χ1v) is 21.3. The molecule has 0 aliphatic carbocycles. The summed E-state index contributed by atoms with van der Waals surface area (Å²) in [5, 5.41) is 49.9. The molecular formula is C46H61N5O12. The number of aromatic hydroxyl groups is 2. The maximum atomic E-state index is 14.7. The largest absolute Gasteiger partial charge is 0.507 e. The Morgan fingerprint density at radius 2 is 1.60 bits per heavy atom. The van der Waals surface area contributed by atoms with E-state index in [1.807, 2.05) is 4.90 Å². The molecule has 63 heavy (non-hydrogen) atoms. The standard InChI is InChI=1S/C46H61N5O12/c1-22-13-12-14-23(2)44(59)47-36-35-34(48-46(49-35)16-18-51(19-17-46)21-30(53)50(9)10)31-32(40(36)57)39(56)27(6)42-33(31)43(58)45(8,63-42)61-20-15-29(60-11)24(3)41(62-28(7)52)26(5)38(55)25(4)37(22)54/h12-15,20,22,24-26,29,37-38,41,54-57H,16-19,21H2,1-11H3,(H,47,59)/b13-12+,20-15+,23-14-/t22-,24+,25+,26+,29-,37-,38+,41+,45-/m0/s1. The summed E-state index contributed by atoms with van der Waals surface area (Å²) in [5.74, 6) is -7.30. The summed E-state index contributed by atoms with van der Waals surface area (Å²) in [6, 6.07) is 0. The van der Waals surface area contributed by atoms with Gasteiger partial charge < -0.3 is 49.6 Å². The number of aliphatic hydroxyl groups is 2. The van der Waals surface area contributed by atoms with Crippen molar-refractivity contribution in [3.63, 3.8) is 0 Å². The number of hydrogen-bond donors (Lipinski definition) is 5. The summed E-state index contributed by atoms with van der Waals surface area (Å²) in [5.41, 5.74) is -0.886. The molecule has 9 atom stereocenters. The van der Waals surface area contributed by atoms with Crippen molar-refractivity contribution in [2.24, 2.45) is 33.7 Å². The number of carbonyl (C=O) groups is 4. The molecule has 17 nitrogen and oxygen atoms in total. The molecule has 1 fully saturated rings. The molecule has 4 aliphatic rings. The van der Waals surface area contributed by atoms with E-state index in [0.29, 0.717) is 25.9 Å². The van der Waals surface area contributed by atoms with Crippen LogP contribution in [0.3, 0.4) is 0 Å². The number of phenols is 2. The van der Waals surface area contributed by atoms with Crippen molar-refractivity contribution in [2.45, 2.75) is 104 Å². The highest BCUT2D eigenvalue weighted by Gasteiger charge is 2.50. The molecule has 342 valence electrons. The van der Waals surface area contributed by atoms with Gasteiger partial charge in [0.05, 0.1) is 47.4 Å². The Bertz CT molecular complexity index is 2400. The monoisotopic (exact) mass is 875 g/mol. The quantitative estimate of drug-likeness (QED) is 0.220. The van der Waals surface area contributed by atoms with Crippen LogP contribution in [0.15, 0.2) is 46.1 Å². The Morgan fingerprint density at radius 3 is 2.22 bits per heavy atom. The number of phenolic OH excluding ortho intramolecular Hbond substituents is 2. The predicted molar refractivity (Wildman–Crippen MR) is 232 cm³/mol. The second kappa shape index (κ2) is 18.0. The third-order valence-electron chi connectivity index (χ3n) is 13.1. The van der Waals surface area contributed by atoms with E-state index < -0.39 is 88.7 Å². The number of nitrogens with one attached hydrogen (secondary N) is 1. The van der Waals surface area contributed by atoms with E-state index in [0.717, 1.165) is 0 Å².